The number of benzene rings is 2. The van der Waals surface area contributed by atoms with Crippen molar-refractivity contribution in [3.8, 4) is 5.75 Å². The van der Waals surface area contributed by atoms with Gasteiger partial charge in [0.05, 0.1) is 24.0 Å². The highest BCUT2D eigenvalue weighted by molar-refractivity contribution is 7.98. The lowest BCUT2D eigenvalue weighted by molar-refractivity contribution is -0.137. The first-order valence-electron chi connectivity index (χ1n) is 11.0. The van der Waals surface area contributed by atoms with Crippen molar-refractivity contribution in [3.05, 3.63) is 65.9 Å². The molecule has 0 unspecified atom stereocenters. The van der Waals surface area contributed by atoms with Crippen LogP contribution in [-0.4, -0.2) is 30.8 Å². The van der Waals surface area contributed by atoms with Crippen LogP contribution in [0.2, 0.25) is 0 Å². The van der Waals surface area contributed by atoms with Crippen LogP contribution in [0.3, 0.4) is 0 Å². The summed E-state index contributed by atoms with van der Waals surface area (Å²) < 4.78 is 46.4. The number of ether oxygens (including phenoxy) is 1. The maximum atomic E-state index is 13.6. The molecule has 35 heavy (non-hydrogen) atoms. The maximum Gasteiger partial charge on any atom is 0.419 e. The molecule has 1 aliphatic heterocycles. The lowest BCUT2D eigenvalue weighted by Gasteiger charge is -2.19. The number of halogens is 3. The van der Waals surface area contributed by atoms with E-state index in [9.17, 15) is 18.0 Å². The number of pyridine rings is 1. The zero-order valence-corrected chi connectivity index (χ0v) is 20.1. The molecule has 1 saturated heterocycles. The number of hydrogen-bond donors (Lipinski definition) is 2. The fraction of sp³-hybridized carbons (Fsp3) is 0.280. The molecule has 2 heterocycles. The van der Waals surface area contributed by atoms with Gasteiger partial charge >= 0.3 is 6.18 Å². The van der Waals surface area contributed by atoms with E-state index in [-0.39, 0.29) is 24.0 Å². The minimum atomic E-state index is -4.56. The molecular formula is C25H25F3N4O2S. The molecule has 6 nitrogen and oxygen atoms in total. The molecular weight excluding hydrogens is 477 g/mol. The van der Waals surface area contributed by atoms with Gasteiger partial charge in [-0.1, -0.05) is 12.1 Å². The second kappa shape index (κ2) is 10.5. The molecule has 0 bridgehead atoms. The van der Waals surface area contributed by atoms with Crippen LogP contribution >= 0.6 is 11.8 Å². The number of alkyl halides is 3. The minimum Gasteiger partial charge on any atom is -0.494 e. The molecule has 1 aliphatic rings. The van der Waals surface area contributed by atoms with E-state index in [1.807, 2.05) is 30.5 Å². The van der Waals surface area contributed by atoms with Crippen molar-refractivity contribution in [3.63, 3.8) is 0 Å². The minimum absolute atomic E-state index is 0.0518. The van der Waals surface area contributed by atoms with Crippen molar-refractivity contribution in [2.24, 2.45) is 0 Å². The Morgan fingerprint density at radius 2 is 1.97 bits per heavy atom. The molecule has 3 aromatic rings. The summed E-state index contributed by atoms with van der Waals surface area (Å²) in [6.07, 6.45) is -0.495. The first-order chi connectivity index (χ1) is 16.8. The third-order valence-corrected chi connectivity index (χ3v) is 6.38. The Kier molecular flexibility index (Phi) is 7.39. The Labute approximate surface area is 205 Å². The Bertz CT molecular complexity index is 1220. The average molecular weight is 503 g/mol. The molecule has 0 atom stereocenters. The van der Waals surface area contributed by atoms with Gasteiger partial charge in [0.2, 0.25) is 5.91 Å². The molecule has 0 spiro atoms. The van der Waals surface area contributed by atoms with Gasteiger partial charge in [-0.15, -0.1) is 11.8 Å². The lowest BCUT2D eigenvalue weighted by Crippen LogP contribution is -2.23. The van der Waals surface area contributed by atoms with E-state index in [0.717, 1.165) is 23.1 Å². The molecule has 4 rings (SSSR count). The monoisotopic (exact) mass is 502 g/mol. The van der Waals surface area contributed by atoms with Gasteiger partial charge in [-0.05, 0) is 42.5 Å². The number of nitrogens with zero attached hydrogens (tertiary/aromatic N) is 2. The van der Waals surface area contributed by atoms with Crippen molar-refractivity contribution in [2.75, 3.05) is 35.4 Å². The number of anilines is 4. The van der Waals surface area contributed by atoms with Crippen LogP contribution in [0, 0.1) is 0 Å². The summed E-state index contributed by atoms with van der Waals surface area (Å²) in [7, 11) is 1.49. The summed E-state index contributed by atoms with van der Waals surface area (Å²) in [5, 5.41) is 5.95. The van der Waals surface area contributed by atoms with Crippen LogP contribution in [-0.2, 0) is 17.5 Å². The molecule has 0 radical (unpaired) electrons. The summed E-state index contributed by atoms with van der Waals surface area (Å²) in [5.41, 5.74) is 1.17. The molecule has 0 saturated carbocycles. The topological polar surface area (TPSA) is 66.5 Å². The lowest BCUT2D eigenvalue weighted by atomic mass is 10.2. The molecule has 2 aromatic carbocycles. The largest absolute Gasteiger partial charge is 0.494 e. The summed E-state index contributed by atoms with van der Waals surface area (Å²) in [4.78, 5) is 18.8. The highest BCUT2D eigenvalue weighted by Crippen LogP contribution is 2.38. The summed E-state index contributed by atoms with van der Waals surface area (Å²) in [6, 6.07) is 14.2. The molecule has 1 aromatic heterocycles. The number of methoxy groups -OCH3 is 1. The zero-order valence-electron chi connectivity index (χ0n) is 19.3. The molecule has 184 valence electrons. The first-order valence-corrected chi connectivity index (χ1v) is 12.2. The Balaban J connectivity index is 1.58. The highest BCUT2D eigenvalue weighted by Gasteiger charge is 2.34. The predicted molar refractivity (Wildman–Crippen MR) is 133 cm³/mol. The predicted octanol–water partition coefficient (Wildman–Crippen LogP) is 6.31. The second-order valence-corrected chi connectivity index (χ2v) is 8.86. The van der Waals surface area contributed by atoms with Gasteiger partial charge in [-0.2, -0.15) is 13.2 Å². The Hall–Kier alpha value is -3.40. The van der Waals surface area contributed by atoms with E-state index in [4.69, 9.17) is 4.74 Å². The van der Waals surface area contributed by atoms with Crippen molar-refractivity contribution in [2.45, 2.75) is 30.5 Å². The molecule has 1 amide bonds. The van der Waals surface area contributed by atoms with Crippen molar-refractivity contribution < 1.29 is 22.7 Å². The standard InChI is InChI=1S/C25H25F3N4O2S/c1-34-22-12-17(32-10-4-7-24(32)33)8-9-20(22)31-23-13-21(19(15-30-23)25(26,27)28)29-14-16-5-3-6-18(11-16)35-2/h3,5-6,8-9,11-13,15H,4,7,10,14H2,1-2H3,(H2,29,30,31). The van der Waals surface area contributed by atoms with E-state index in [1.165, 1.54) is 13.2 Å². The summed E-state index contributed by atoms with van der Waals surface area (Å²) in [6.45, 7) is 0.868. The van der Waals surface area contributed by atoms with Gasteiger partial charge in [0.1, 0.15) is 11.6 Å². The number of carbonyl (C=O) groups excluding carboxylic acids is 1. The first kappa shape index (κ1) is 24.7. The number of amides is 1. The van der Waals surface area contributed by atoms with E-state index < -0.39 is 11.7 Å². The van der Waals surface area contributed by atoms with Crippen molar-refractivity contribution in [1.29, 1.82) is 0 Å². The van der Waals surface area contributed by atoms with Crippen LogP contribution in [0.5, 0.6) is 5.75 Å². The van der Waals surface area contributed by atoms with Gasteiger partial charge in [0.15, 0.2) is 0 Å². The molecule has 2 N–H and O–H groups in total. The van der Waals surface area contributed by atoms with Crippen LogP contribution in [0.15, 0.2) is 59.6 Å². The van der Waals surface area contributed by atoms with E-state index in [2.05, 4.69) is 15.6 Å². The highest BCUT2D eigenvalue weighted by atomic mass is 32.2. The van der Waals surface area contributed by atoms with Crippen LogP contribution < -0.4 is 20.3 Å². The van der Waals surface area contributed by atoms with Gasteiger partial charge in [-0.3, -0.25) is 4.79 Å². The number of thioether (sulfide) groups is 1. The Morgan fingerprint density at radius 1 is 1.14 bits per heavy atom. The van der Waals surface area contributed by atoms with Crippen molar-refractivity contribution in [1.82, 2.24) is 4.98 Å². The summed E-state index contributed by atoms with van der Waals surface area (Å²) in [5.74, 6) is 0.727. The number of aromatic nitrogens is 1. The van der Waals surface area contributed by atoms with Crippen LogP contribution in [0.4, 0.5) is 36.1 Å². The SMILES string of the molecule is COc1cc(N2CCCC2=O)ccc1Nc1cc(NCc2cccc(SC)c2)c(C(F)(F)F)cn1. The number of hydrogen-bond acceptors (Lipinski definition) is 6. The van der Waals surface area contributed by atoms with Gasteiger partial charge in [0, 0.05) is 48.4 Å². The van der Waals surface area contributed by atoms with E-state index in [1.54, 1.807) is 34.9 Å². The van der Waals surface area contributed by atoms with Crippen LogP contribution in [0.25, 0.3) is 0 Å². The quantitative estimate of drug-likeness (QED) is 0.352. The van der Waals surface area contributed by atoms with Crippen LogP contribution in [0.1, 0.15) is 24.0 Å². The molecule has 0 aliphatic carbocycles. The second-order valence-electron chi connectivity index (χ2n) is 7.98. The normalized spacial score (nSPS) is 13.7. The van der Waals surface area contributed by atoms with E-state index >= 15 is 0 Å². The van der Waals surface area contributed by atoms with Gasteiger partial charge in [-0.25, -0.2) is 4.98 Å². The van der Waals surface area contributed by atoms with Crippen molar-refractivity contribution >= 4 is 40.5 Å². The van der Waals surface area contributed by atoms with Gasteiger partial charge in [0.25, 0.3) is 0 Å². The molecule has 1 fully saturated rings. The Morgan fingerprint density at radius 3 is 2.66 bits per heavy atom. The van der Waals surface area contributed by atoms with E-state index in [0.29, 0.717) is 30.1 Å². The number of carbonyl (C=O) groups is 1. The number of rotatable bonds is 8. The smallest absolute Gasteiger partial charge is 0.419 e. The third-order valence-electron chi connectivity index (χ3n) is 5.66. The molecule has 10 heteroatoms. The fourth-order valence-electron chi connectivity index (χ4n) is 3.89. The third kappa shape index (κ3) is 5.82. The zero-order chi connectivity index (χ0) is 25.0. The average Bonchev–Trinajstić information content (AvgIpc) is 3.28. The maximum absolute atomic E-state index is 13.6. The van der Waals surface area contributed by atoms with Gasteiger partial charge < -0.3 is 20.3 Å². The summed E-state index contributed by atoms with van der Waals surface area (Å²) >= 11 is 1.57. The number of nitrogens with one attached hydrogen (secondary N) is 2. The fourth-order valence-corrected chi connectivity index (χ4v) is 4.37.